The van der Waals surface area contributed by atoms with Crippen molar-refractivity contribution < 1.29 is 19.4 Å². The molecule has 2 fully saturated rings. The average molecular weight is 344 g/mol. The smallest absolute Gasteiger partial charge is 0.325 e. The number of aliphatic hydroxyl groups is 1. The third-order valence-electron chi connectivity index (χ3n) is 4.86. The molecular formula is C19H24N2O4. The maximum absolute atomic E-state index is 12.6. The highest BCUT2D eigenvalue weighted by atomic mass is 16.5. The highest BCUT2D eigenvalue weighted by Crippen LogP contribution is 2.35. The zero-order chi connectivity index (χ0) is 17.9. The molecule has 134 valence electrons. The van der Waals surface area contributed by atoms with Crippen LogP contribution >= 0.6 is 0 Å². The molecule has 25 heavy (non-hydrogen) atoms. The maximum Gasteiger partial charge on any atom is 0.325 e. The van der Waals surface area contributed by atoms with Crippen molar-refractivity contribution in [3.63, 3.8) is 0 Å². The Morgan fingerprint density at radius 1 is 1.32 bits per heavy atom. The van der Waals surface area contributed by atoms with Crippen LogP contribution < -0.4 is 10.1 Å². The zero-order valence-corrected chi connectivity index (χ0v) is 14.2. The minimum Gasteiger partial charge on any atom is -0.491 e. The molecule has 1 aliphatic carbocycles. The summed E-state index contributed by atoms with van der Waals surface area (Å²) in [6.07, 6.45) is 4.74. The number of carbonyl (C=O) groups is 2. The van der Waals surface area contributed by atoms with E-state index in [2.05, 4.69) is 11.9 Å². The van der Waals surface area contributed by atoms with E-state index in [0.29, 0.717) is 25.0 Å². The van der Waals surface area contributed by atoms with Gasteiger partial charge in [-0.2, -0.15) is 0 Å². The Kier molecular flexibility index (Phi) is 5.08. The molecule has 3 rings (SSSR count). The van der Waals surface area contributed by atoms with E-state index >= 15 is 0 Å². The van der Waals surface area contributed by atoms with Crippen molar-refractivity contribution in [1.29, 1.82) is 0 Å². The van der Waals surface area contributed by atoms with E-state index in [9.17, 15) is 14.7 Å². The Labute approximate surface area is 147 Å². The second-order valence-electron chi connectivity index (χ2n) is 6.70. The summed E-state index contributed by atoms with van der Waals surface area (Å²) >= 11 is 0. The molecule has 2 aliphatic rings. The van der Waals surface area contributed by atoms with E-state index in [1.807, 2.05) is 24.3 Å². The number of β-amino-alcohol motifs (C(OH)–C–C–N with tert-alkyl or cyclic N) is 1. The van der Waals surface area contributed by atoms with Gasteiger partial charge >= 0.3 is 6.03 Å². The summed E-state index contributed by atoms with van der Waals surface area (Å²) in [6, 6.07) is 7.11. The Morgan fingerprint density at radius 3 is 2.76 bits per heavy atom. The third kappa shape index (κ3) is 3.54. The number of hydrogen-bond acceptors (Lipinski definition) is 4. The van der Waals surface area contributed by atoms with Crippen molar-refractivity contribution in [1.82, 2.24) is 10.2 Å². The van der Waals surface area contributed by atoms with Crippen LogP contribution in [0.15, 0.2) is 36.9 Å². The van der Waals surface area contributed by atoms with E-state index < -0.39 is 17.7 Å². The number of carbonyl (C=O) groups excluding carboxylic acids is 2. The molecule has 1 heterocycles. The first-order chi connectivity index (χ1) is 12.1. The molecule has 0 aromatic heterocycles. The van der Waals surface area contributed by atoms with Crippen molar-refractivity contribution in [2.75, 3.05) is 13.2 Å². The van der Waals surface area contributed by atoms with Crippen LogP contribution in [-0.4, -0.2) is 46.7 Å². The Morgan fingerprint density at radius 2 is 2.04 bits per heavy atom. The van der Waals surface area contributed by atoms with Gasteiger partial charge in [0.15, 0.2) is 0 Å². The molecule has 1 saturated heterocycles. The van der Waals surface area contributed by atoms with Gasteiger partial charge in [0.1, 0.15) is 24.0 Å². The quantitative estimate of drug-likeness (QED) is 0.586. The number of imide groups is 1. The van der Waals surface area contributed by atoms with Crippen molar-refractivity contribution in [2.45, 2.75) is 43.7 Å². The van der Waals surface area contributed by atoms with Gasteiger partial charge in [0.05, 0.1) is 6.54 Å². The fraction of sp³-hybridized carbons (Fsp3) is 0.474. The van der Waals surface area contributed by atoms with E-state index in [1.54, 1.807) is 6.08 Å². The Bertz CT molecular complexity index is 667. The van der Waals surface area contributed by atoms with Gasteiger partial charge in [0.2, 0.25) is 0 Å². The van der Waals surface area contributed by atoms with Crippen LogP contribution in [-0.2, 0) is 11.2 Å². The first kappa shape index (κ1) is 17.5. The van der Waals surface area contributed by atoms with Crippen molar-refractivity contribution in [2.24, 2.45) is 0 Å². The predicted octanol–water partition coefficient (Wildman–Crippen LogP) is 2.02. The molecule has 3 amide bonds. The summed E-state index contributed by atoms with van der Waals surface area (Å²) in [7, 11) is 0. The van der Waals surface area contributed by atoms with Crippen LogP contribution in [0.3, 0.4) is 0 Å². The lowest BCUT2D eigenvalue weighted by Crippen LogP contribution is -2.45. The summed E-state index contributed by atoms with van der Waals surface area (Å²) in [5.41, 5.74) is 0.235. The molecule has 2 N–H and O–H groups in total. The standard InChI is InChI=1S/C19H24N2O4/c1-2-7-14-8-3-4-9-16(14)25-13-15(22)12-21-17(23)19(20-18(21)24)10-5-6-11-19/h2-4,8-9,15,22H,1,5-7,10-13H2,(H,20,24). The van der Waals surface area contributed by atoms with Crippen LogP contribution in [0.5, 0.6) is 5.75 Å². The fourth-order valence-corrected chi connectivity index (χ4v) is 3.58. The highest BCUT2D eigenvalue weighted by Gasteiger charge is 2.52. The maximum atomic E-state index is 12.6. The first-order valence-electron chi connectivity index (χ1n) is 8.69. The number of rotatable bonds is 7. The van der Waals surface area contributed by atoms with E-state index in [1.165, 1.54) is 0 Å². The summed E-state index contributed by atoms with van der Waals surface area (Å²) in [4.78, 5) is 25.8. The molecule has 1 aromatic carbocycles. The Balaban J connectivity index is 1.58. The topological polar surface area (TPSA) is 78.9 Å². The van der Waals surface area contributed by atoms with Crippen LogP contribution in [0.4, 0.5) is 4.79 Å². The van der Waals surface area contributed by atoms with Gasteiger partial charge in [0, 0.05) is 0 Å². The van der Waals surface area contributed by atoms with Crippen LogP contribution in [0.1, 0.15) is 31.2 Å². The molecule has 1 saturated carbocycles. The monoisotopic (exact) mass is 344 g/mol. The average Bonchev–Trinajstić information content (AvgIpc) is 3.15. The van der Waals surface area contributed by atoms with Gasteiger partial charge < -0.3 is 15.2 Å². The van der Waals surface area contributed by atoms with Gasteiger partial charge in [-0.1, -0.05) is 37.1 Å². The number of para-hydroxylation sites is 1. The number of allylic oxidation sites excluding steroid dienone is 1. The lowest BCUT2D eigenvalue weighted by molar-refractivity contribution is -0.132. The fourth-order valence-electron chi connectivity index (χ4n) is 3.58. The van der Waals surface area contributed by atoms with E-state index in [0.717, 1.165) is 23.3 Å². The molecule has 1 aromatic rings. The number of aliphatic hydroxyl groups excluding tert-OH is 1. The summed E-state index contributed by atoms with van der Waals surface area (Å²) in [6.45, 7) is 3.67. The van der Waals surface area contributed by atoms with Crippen LogP contribution in [0.25, 0.3) is 0 Å². The number of benzene rings is 1. The zero-order valence-electron chi connectivity index (χ0n) is 14.2. The van der Waals surface area contributed by atoms with Crippen molar-refractivity contribution in [3.8, 4) is 5.75 Å². The number of ether oxygens (including phenoxy) is 1. The second kappa shape index (κ2) is 7.27. The van der Waals surface area contributed by atoms with Crippen LogP contribution in [0.2, 0.25) is 0 Å². The molecule has 6 nitrogen and oxygen atoms in total. The van der Waals surface area contributed by atoms with Crippen molar-refractivity contribution >= 4 is 11.9 Å². The Hall–Kier alpha value is -2.34. The van der Waals surface area contributed by atoms with E-state index in [4.69, 9.17) is 4.74 Å². The molecule has 0 radical (unpaired) electrons. The van der Waals surface area contributed by atoms with Gasteiger partial charge in [-0.25, -0.2) is 4.79 Å². The first-order valence-corrected chi connectivity index (χ1v) is 8.69. The molecule has 1 atom stereocenters. The van der Waals surface area contributed by atoms with Gasteiger partial charge in [-0.3, -0.25) is 9.69 Å². The third-order valence-corrected chi connectivity index (χ3v) is 4.86. The molecule has 1 unspecified atom stereocenters. The molecule has 1 spiro atoms. The normalized spacial score (nSPS) is 20.0. The summed E-state index contributed by atoms with van der Waals surface area (Å²) in [5, 5.41) is 13.0. The highest BCUT2D eigenvalue weighted by molar-refractivity contribution is 6.07. The van der Waals surface area contributed by atoms with Gasteiger partial charge in [-0.05, 0) is 30.9 Å². The molecule has 1 aliphatic heterocycles. The summed E-state index contributed by atoms with van der Waals surface area (Å²) < 4.78 is 5.68. The van der Waals surface area contributed by atoms with Gasteiger partial charge in [-0.15, -0.1) is 6.58 Å². The van der Waals surface area contributed by atoms with Crippen molar-refractivity contribution in [3.05, 3.63) is 42.5 Å². The number of amides is 3. The van der Waals surface area contributed by atoms with Crippen LogP contribution in [0, 0.1) is 0 Å². The number of nitrogens with zero attached hydrogens (tertiary/aromatic N) is 1. The molecule has 6 heteroatoms. The second-order valence-corrected chi connectivity index (χ2v) is 6.70. The van der Waals surface area contributed by atoms with E-state index in [-0.39, 0.29) is 19.1 Å². The number of hydrogen-bond donors (Lipinski definition) is 2. The lowest BCUT2D eigenvalue weighted by atomic mass is 9.98. The lowest BCUT2D eigenvalue weighted by Gasteiger charge is -2.21. The largest absolute Gasteiger partial charge is 0.491 e. The minimum absolute atomic E-state index is 0.0121. The predicted molar refractivity (Wildman–Crippen MR) is 93.3 cm³/mol. The molecular weight excluding hydrogens is 320 g/mol. The SMILES string of the molecule is C=CCc1ccccc1OCC(O)CN1C(=O)NC2(CCCC2)C1=O. The van der Waals surface area contributed by atoms with Gasteiger partial charge in [0.25, 0.3) is 5.91 Å². The number of nitrogens with one attached hydrogen (secondary N) is 1. The summed E-state index contributed by atoms with van der Waals surface area (Å²) in [5.74, 6) is 0.451. The number of urea groups is 1. The molecule has 0 bridgehead atoms. The minimum atomic E-state index is -0.942.